The van der Waals surface area contributed by atoms with E-state index in [1.807, 2.05) is 0 Å². The van der Waals surface area contributed by atoms with Gasteiger partial charge in [-0.15, -0.1) is 0 Å². The predicted octanol–water partition coefficient (Wildman–Crippen LogP) is 2.43. The summed E-state index contributed by atoms with van der Waals surface area (Å²) in [6.07, 6.45) is -0.324. The van der Waals surface area contributed by atoms with E-state index in [4.69, 9.17) is 0 Å². The second-order valence-corrected chi connectivity index (χ2v) is 6.88. The number of benzene rings is 2. The van der Waals surface area contributed by atoms with Gasteiger partial charge in [-0.2, -0.15) is 0 Å². The first-order chi connectivity index (χ1) is 13.8. The largest absolute Gasteiger partial charge is 0.332 e. The number of nitrogens with zero attached hydrogens (tertiary/aromatic N) is 2. The van der Waals surface area contributed by atoms with Crippen molar-refractivity contribution in [2.75, 3.05) is 14.1 Å². The van der Waals surface area contributed by atoms with Crippen LogP contribution in [0.25, 0.3) is 0 Å². The Morgan fingerprint density at radius 2 is 1.24 bits per heavy atom. The normalized spacial score (nSPS) is 16.1. The zero-order chi connectivity index (χ0) is 21.1. The molecule has 2 aromatic rings. The molecule has 4 amide bonds. The fourth-order valence-electron chi connectivity index (χ4n) is 3.40. The van der Waals surface area contributed by atoms with E-state index in [1.54, 1.807) is 60.7 Å². The second-order valence-electron chi connectivity index (χ2n) is 6.88. The topological polar surface area (TPSA) is 91.8 Å². The number of barbiturate groups is 1. The number of hydrogen-bond acceptors (Lipinski definition) is 5. The Kier molecular flexibility index (Phi) is 5.68. The van der Waals surface area contributed by atoms with Crippen LogP contribution in [0.4, 0.5) is 4.79 Å². The van der Waals surface area contributed by atoms with Crippen LogP contribution in [-0.4, -0.2) is 53.3 Å². The van der Waals surface area contributed by atoms with Crippen molar-refractivity contribution in [3.8, 4) is 0 Å². The van der Waals surface area contributed by atoms with Crippen molar-refractivity contribution in [3.63, 3.8) is 0 Å². The molecule has 0 radical (unpaired) electrons. The lowest BCUT2D eigenvalue weighted by molar-refractivity contribution is -0.149. The maximum absolute atomic E-state index is 13.2. The number of hydrogen-bond donors (Lipinski definition) is 0. The van der Waals surface area contributed by atoms with Gasteiger partial charge < -0.3 is 0 Å². The minimum absolute atomic E-state index is 0.293. The van der Waals surface area contributed by atoms with Crippen LogP contribution in [0, 0.1) is 11.8 Å². The molecule has 1 unspecified atom stereocenters. The summed E-state index contributed by atoms with van der Waals surface area (Å²) in [5, 5.41) is 0. The van der Waals surface area contributed by atoms with Gasteiger partial charge in [0.2, 0.25) is 11.8 Å². The first-order valence-electron chi connectivity index (χ1n) is 9.09. The number of carbonyl (C=O) groups is 5. The van der Waals surface area contributed by atoms with Gasteiger partial charge in [0.1, 0.15) is 5.92 Å². The number of urea groups is 1. The molecule has 0 aliphatic carbocycles. The molecule has 1 aliphatic rings. The monoisotopic (exact) mass is 392 g/mol. The van der Waals surface area contributed by atoms with E-state index in [0.717, 1.165) is 9.80 Å². The minimum atomic E-state index is -1.44. The highest BCUT2D eigenvalue weighted by atomic mass is 16.2. The minimum Gasteiger partial charge on any atom is -0.294 e. The summed E-state index contributed by atoms with van der Waals surface area (Å²) < 4.78 is 0. The van der Waals surface area contributed by atoms with Gasteiger partial charge in [-0.25, -0.2) is 4.79 Å². The third kappa shape index (κ3) is 3.85. The Labute approximate surface area is 167 Å². The third-order valence-corrected chi connectivity index (χ3v) is 5.07. The van der Waals surface area contributed by atoms with Crippen LogP contribution in [0.5, 0.6) is 0 Å². The third-order valence-electron chi connectivity index (χ3n) is 5.07. The van der Waals surface area contributed by atoms with Gasteiger partial charge in [-0.05, 0) is 0 Å². The molecule has 1 atom stereocenters. The number of amides is 4. The first kappa shape index (κ1) is 20.1. The van der Waals surface area contributed by atoms with Crippen molar-refractivity contribution in [1.29, 1.82) is 0 Å². The maximum atomic E-state index is 13.2. The van der Waals surface area contributed by atoms with Crippen LogP contribution in [0.2, 0.25) is 0 Å². The molecule has 0 spiro atoms. The van der Waals surface area contributed by atoms with Crippen molar-refractivity contribution < 1.29 is 24.0 Å². The lowest BCUT2D eigenvalue weighted by atomic mass is 9.79. The summed E-state index contributed by atoms with van der Waals surface area (Å²) in [5.41, 5.74) is 0.674. The van der Waals surface area contributed by atoms with E-state index in [1.165, 1.54) is 14.1 Å². The fourth-order valence-corrected chi connectivity index (χ4v) is 3.40. The van der Waals surface area contributed by atoms with Crippen LogP contribution in [0.15, 0.2) is 60.7 Å². The van der Waals surface area contributed by atoms with E-state index in [2.05, 4.69) is 0 Å². The van der Waals surface area contributed by atoms with Crippen LogP contribution in [-0.2, 0) is 9.59 Å². The highest BCUT2D eigenvalue weighted by molar-refractivity contribution is 6.19. The molecule has 2 aromatic carbocycles. The summed E-state index contributed by atoms with van der Waals surface area (Å²) in [7, 11) is 2.51. The van der Waals surface area contributed by atoms with Gasteiger partial charge in [-0.1, -0.05) is 60.7 Å². The smallest absolute Gasteiger partial charge is 0.294 e. The molecule has 7 heteroatoms. The number of carbonyl (C=O) groups excluding carboxylic acids is 5. The van der Waals surface area contributed by atoms with Crippen molar-refractivity contribution in [2.24, 2.45) is 11.8 Å². The average molecular weight is 392 g/mol. The molecule has 0 N–H and O–H groups in total. The van der Waals surface area contributed by atoms with Gasteiger partial charge >= 0.3 is 6.03 Å². The van der Waals surface area contributed by atoms with Gasteiger partial charge in [0.25, 0.3) is 0 Å². The molecular weight excluding hydrogens is 372 g/mol. The quantitative estimate of drug-likeness (QED) is 0.556. The summed E-state index contributed by atoms with van der Waals surface area (Å²) >= 11 is 0. The zero-order valence-corrected chi connectivity index (χ0v) is 16.1. The zero-order valence-electron chi connectivity index (χ0n) is 16.1. The molecule has 0 bridgehead atoms. The Balaban J connectivity index is 2.01. The highest BCUT2D eigenvalue weighted by Crippen LogP contribution is 2.29. The Hall–Kier alpha value is -3.61. The van der Waals surface area contributed by atoms with Crippen LogP contribution >= 0.6 is 0 Å². The molecule has 1 fully saturated rings. The molecular formula is C22H20N2O5. The van der Waals surface area contributed by atoms with Crippen LogP contribution < -0.4 is 0 Å². The maximum Gasteiger partial charge on any atom is 0.332 e. The van der Waals surface area contributed by atoms with E-state index in [0.29, 0.717) is 11.1 Å². The lowest BCUT2D eigenvalue weighted by Crippen LogP contribution is -2.59. The van der Waals surface area contributed by atoms with E-state index in [9.17, 15) is 24.0 Å². The van der Waals surface area contributed by atoms with Crippen molar-refractivity contribution in [2.45, 2.75) is 6.42 Å². The standard InChI is InChI=1S/C22H20N2O5/c1-23-20(27)18(21(28)24(2)22(23)29)16(19(26)15-11-7-4-8-12-15)13-17(25)14-9-5-3-6-10-14/h3-12,16,18H,13H2,1-2H3. The molecule has 148 valence electrons. The average Bonchev–Trinajstić information content (AvgIpc) is 2.76. The summed E-state index contributed by atoms with van der Waals surface area (Å²) in [6, 6.07) is 15.8. The Bertz CT molecular complexity index is 947. The van der Waals surface area contributed by atoms with E-state index >= 15 is 0 Å². The molecule has 0 aromatic heterocycles. The molecule has 0 saturated carbocycles. The molecule has 1 heterocycles. The van der Waals surface area contributed by atoms with Crippen LogP contribution in [0.3, 0.4) is 0 Å². The predicted molar refractivity (Wildman–Crippen MR) is 104 cm³/mol. The van der Waals surface area contributed by atoms with Gasteiger partial charge in [0.15, 0.2) is 11.6 Å². The number of ketones is 2. The van der Waals surface area contributed by atoms with E-state index < -0.39 is 35.5 Å². The molecule has 29 heavy (non-hydrogen) atoms. The summed E-state index contributed by atoms with van der Waals surface area (Å²) in [6.45, 7) is 0. The fraction of sp³-hybridized carbons (Fsp3) is 0.227. The second kappa shape index (κ2) is 8.18. The number of Topliss-reactive ketones (excluding diaryl/α,β-unsaturated/α-hetero) is 2. The molecule has 1 saturated heterocycles. The summed E-state index contributed by atoms with van der Waals surface area (Å²) in [5.74, 6) is -5.08. The van der Waals surface area contributed by atoms with Gasteiger partial charge in [0.05, 0.1) is 5.92 Å². The van der Waals surface area contributed by atoms with Gasteiger partial charge in [0, 0.05) is 31.6 Å². The number of rotatable bonds is 6. The Morgan fingerprint density at radius 1 is 0.793 bits per heavy atom. The Morgan fingerprint density at radius 3 is 1.72 bits per heavy atom. The van der Waals surface area contributed by atoms with Gasteiger partial charge in [-0.3, -0.25) is 29.0 Å². The summed E-state index contributed by atoms with van der Waals surface area (Å²) in [4.78, 5) is 65.3. The van der Waals surface area contributed by atoms with Crippen molar-refractivity contribution in [3.05, 3.63) is 71.8 Å². The van der Waals surface area contributed by atoms with Crippen molar-refractivity contribution in [1.82, 2.24) is 9.80 Å². The molecule has 7 nitrogen and oxygen atoms in total. The van der Waals surface area contributed by atoms with E-state index in [-0.39, 0.29) is 12.2 Å². The van der Waals surface area contributed by atoms with Crippen molar-refractivity contribution >= 4 is 29.4 Å². The van der Waals surface area contributed by atoms with Crippen LogP contribution in [0.1, 0.15) is 27.1 Å². The SMILES string of the molecule is CN1C(=O)C(C(CC(=O)c2ccccc2)C(=O)c2ccccc2)C(=O)N(C)C1=O. The highest BCUT2D eigenvalue weighted by Gasteiger charge is 2.49. The first-order valence-corrected chi connectivity index (χ1v) is 9.09. The lowest BCUT2D eigenvalue weighted by Gasteiger charge is -2.35. The number of imide groups is 2. The molecule has 1 aliphatic heterocycles. The molecule has 3 rings (SSSR count).